The van der Waals surface area contributed by atoms with E-state index in [0.717, 1.165) is 45.2 Å². The van der Waals surface area contributed by atoms with E-state index in [1.54, 1.807) is 30.3 Å². The zero-order valence-electron chi connectivity index (χ0n) is 25.2. The highest BCUT2D eigenvalue weighted by Gasteiger charge is 2.27. The zero-order valence-corrected chi connectivity index (χ0v) is 25.2. The van der Waals surface area contributed by atoms with Gasteiger partial charge in [-0.1, -0.05) is 57.5 Å². The van der Waals surface area contributed by atoms with Gasteiger partial charge in [-0.3, -0.25) is 9.69 Å². The minimum atomic E-state index is -0.370. The fourth-order valence-electron chi connectivity index (χ4n) is 4.74. The summed E-state index contributed by atoms with van der Waals surface area (Å²) in [5.41, 5.74) is 4.59. The first-order valence-electron chi connectivity index (χ1n) is 14.2. The topological polar surface area (TPSA) is 68.7 Å². The number of benzene rings is 3. The molecule has 4 aromatic rings. The van der Waals surface area contributed by atoms with Crippen molar-refractivity contribution in [1.82, 2.24) is 4.98 Å². The molecule has 1 amide bonds. The number of anilines is 1. The number of aryl methyl sites for hydroxylation is 1. The molecule has 0 spiro atoms. The molecule has 0 N–H and O–H groups in total. The Morgan fingerprint density at radius 2 is 1.66 bits per heavy atom. The summed E-state index contributed by atoms with van der Waals surface area (Å²) in [7, 11) is 1.68. The van der Waals surface area contributed by atoms with E-state index in [1.807, 2.05) is 39.0 Å². The van der Waals surface area contributed by atoms with E-state index in [4.69, 9.17) is 9.47 Å². The van der Waals surface area contributed by atoms with Crippen molar-refractivity contribution in [3.8, 4) is 16.9 Å². The molecule has 0 saturated heterocycles. The second-order valence-electron chi connectivity index (χ2n) is 11.6. The lowest BCUT2D eigenvalue weighted by molar-refractivity contribution is -0.120. The van der Waals surface area contributed by atoms with E-state index in [-0.39, 0.29) is 23.4 Å². The van der Waals surface area contributed by atoms with Crippen LogP contribution in [0.5, 0.6) is 5.75 Å². The van der Waals surface area contributed by atoms with Crippen molar-refractivity contribution in [1.29, 1.82) is 0 Å². The van der Waals surface area contributed by atoms with Crippen molar-refractivity contribution in [2.75, 3.05) is 12.0 Å². The Labute approximate surface area is 243 Å². The molecule has 0 bridgehead atoms. The molecule has 6 nitrogen and oxygen atoms in total. The lowest BCUT2D eigenvalue weighted by atomic mass is 9.86. The average molecular weight is 553 g/mol. The molecule has 0 aliphatic carbocycles. The smallest absolute Gasteiger partial charge is 0.338 e. The molecule has 3 aromatic carbocycles. The van der Waals surface area contributed by atoms with Crippen molar-refractivity contribution in [2.45, 2.75) is 67.0 Å². The first kappa shape index (κ1) is 29.8. The minimum absolute atomic E-state index is 0.00926. The van der Waals surface area contributed by atoms with Crippen molar-refractivity contribution >= 4 is 28.5 Å². The Kier molecular flexibility index (Phi) is 9.11. The van der Waals surface area contributed by atoms with Crippen LogP contribution in [0, 0.1) is 12.3 Å². The van der Waals surface area contributed by atoms with E-state index in [9.17, 15) is 9.59 Å². The molecule has 0 aliphatic heterocycles. The van der Waals surface area contributed by atoms with Crippen LogP contribution in [0.15, 0.2) is 72.9 Å². The minimum Gasteiger partial charge on any atom is -0.496 e. The van der Waals surface area contributed by atoms with Gasteiger partial charge in [-0.15, -0.1) is 0 Å². The summed E-state index contributed by atoms with van der Waals surface area (Å²) in [5, 5.41) is 1.63. The Morgan fingerprint density at radius 1 is 0.951 bits per heavy atom. The van der Waals surface area contributed by atoms with E-state index >= 15 is 0 Å². The van der Waals surface area contributed by atoms with Gasteiger partial charge in [0.05, 0.1) is 25.3 Å². The van der Waals surface area contributed by atoms with Crippen LogP contribution in [0.2, 0.25) is 0 Å². The number of carbonyl (C=O) groups excluding carboxylic acids is 2. The Morgan fingerprint density at radius 3 is 2.29 bits per heavy atom. The molecule has 214 valence electrons. The highest BCUT2D eigenvalue weighted by atomic mass is 16.5. The summed E-state index contributed by atoms with van der Waals surface area (Å²) in [5.74, 6) is 1.08. The van der Waals surface area contributed by atoms with Crippen LogP contribution in [0.1, 0.15) is 68.9 Å². The monoisotopic (exact) mass is 552 g/mol. The van der Waals surface area contributed by atoms with Gasteiger partial charge < -0.3 is 9.47 Å². The number of pyridine rings is 1. The second kappa shape index (κ2) is 12.5. The van der Waals surface area contributed by atoms with Crippen LogP contribution in [-0.2, 0) is 16.1 Å². The summed E-state index contributed by atoms with van der Waals surface area (Å²) in [6.45, 7) is 12.4. The van der Waals surface area contributed by atoms with Crippen LogP contribution in [0.3, 0.4) is 0 Å². The number of esters is 1. The van der Waals surface area contributed by atoms with Gasteiger partial charge in [0.2, 0.25) is 5.91 Å². The molecule has 0 atom stereocenters. The fraction of sp³-hybridized carbons (Fsp3) is 0.343. The van der Waals surface area contributed by atoms with Crippen molar-refractivity contribution < 1.29 is 19.1 Å². The number of aromatic nitrogens is 1. The highest BCUT2D eigenvalue weighted by molar-refractivity contribution is 6.04. The number of hydrogen-bond acceptors (Lipinski definition) is 5. The predicted molar refractivity (Wildman–Crippen MR) is 165 cm³/mol. The van der Waals surface area contributed by atoms with Crippen molar-refractivity contribution in [3.05, 3.63) is 89.6 Å². The van der Waals surface area contributed by atoms with E-state index in [1.165, 1.54) is 0 Å². The standard InChI is InChI=1S/C35H40N2O4/c1-8-35(5,6)21-32(38)37(22-25-9-11-26(12-10-25)27-14-16-31(40-7)24(4)19-27)33-30-15-13-29(34(39)41-23(2)3)20-28(30)17-18-36-33/h9-20,23H,8,21-22H2,1-7H3. The molecule has 0 saturated carbocycles. The van der Waals surface area contributed by atoms with Gasteiger partial charge in [0.1, 0.15) is 11.6 Å². The van der Waals surface area contributed by atoms with Crippen molar-refractivity contribution in [3.63, 3.8) is 0 Å². The fourth-order valence-corrected chi connectivity index (χ4v) is 4.74. The van der Waals surface area contributed by atoms with Crippen LogP contribution < -0.4 is 9.64 Å². The third-order valence-corrected chi connectivity index (χ3v) is 7.49. The first-order chi connectivity index (χ1) is 19.5. The lowest BCUT2D eigenvalue weighted by Gasteiger charge is -2.28. The maximum absolute atomic E-state index is 13.8. The number of hydrogen-bond donors (Lipinski definition) is 0. The molecule has 0 radical (unpaired) electrons. The van der Waals surface area contributed by atoms with Crippen LogP contribution in [0.25, 0.3) is 21.9 Å². The molecular weight excluding hydrogens is 512 g/mol. The van der Waals surface area contributed by atoms with E-state index in [2.05, 4.69) is 62.2 Å². The summed E-state index contributed by atoms with van der Waals surface area (Å²) in [6, 6.07) is 21.7. The SMILES string of the molecule is CCC(C)(C)CC(=O)N(Cc1ccc(-c2ccc(OC)c(C)c2)cc1)c1nccc2cc(C(=O)OC(C)C)ccc12. The zero-order chi connectivity index (χ0) is 29.7. The molecule has 0 aliphatic rings. The molecule has 6 heteroatoms. The molecule has 4 rings (SSSR count). The molecule has 1 aromatic heterocycles. The number of rotatable bonds is 10. The van der Waals surface area contributed by atoms with Gasteiger partial charge in [-0.25, -0.2) is 9.78 Å². The number of carbonyl (C=O) groups is 2. The summed E-state index contributed by atoms with van der Waals surface area (Å²) in [4.78, 5) is 32.8. The Hall–Kier alpha value is -4.19. The summed E-state index contributed by atoms with van der Waals surface area (Å²) in [6.07, 6.45) is 2.76. The molecule has 1 heterocycles. The Balaban J connectivity index is 1.69. The van der Waals surface area contributed by atoms with Crippen LogP contribution in [-0.4, -0.2) is 30.1 Å². The van der Waals surface area contributed by atoms with Crippen LogP contribution >= 0.6 is 0 Å². The maximum atomic E-state index is 13.8. The lowest BCUT2D eigenvalue weighted by Crippen LogP contribution is -2.34. The number of amides is 1. The molecular formula is C35H40N2O4. The largest absolute Gasteiger partial charge is 0.496 e. The second-order valence-corrected chi connectivity index (χ2v) is 11.6. The van der Waals surface area contributed by atoms with Gasteiger partial charge in [0.15, 0.2) is 0 Å². The van der Waals surface area contributed by atoms with E-state index in [0.29, 0.717) is 24.3 Å². The number of fused-ring (bicyclic) bond motifs is 1. The Bertz CT molecular complexity index is 1540. The van der Waals surface area contributed by atoms with E-state index < -0.39 is 0 Å². The average Bonchev–Trinajstić information content (AvgIpc) is 2.95. The van der Waals surface area contributed by atoms with Crippen LogP contribution in [0.4, 0.5) is 5.82 Å². The van der Waals surface area contributed by atoms with Gasteiger partial charge in [0.25, 0.3) is 0 Å². The number of methoxy groups -OCH3 is 1. The first-order valence-corrected chi connectivity index (χ1v) is 14.2. The third kappa shape index (κ3) is 7.12. The number of ether oxygens (including phenoxy) is 2. The van der Waals surface area contributed by atoms with Crippen molar-refractivity contribution in [2.24, 2.45) is 5.41 Å². The van der Waals surface area contributed by atoms with Gasteiger partial charge >= 0.3 is 5.97 Å². The molecule has 0 unspecified atom stereocenters. The third-order valence-electron chi connectivity index (χ3n) is 7.49. The molecule has 0 fully saturated rings. The van der Waals surface area contributed by atoms with Gasteiger partial charge in [0, 0.05) is 18.0 Å². The normalized spacial score (nSPS) is 11.5. The predicted octanol–water partition coefficient (Wildman–Crippen LogP) is 8.14. The van der Waals surface area contributed by atoms with Gasteiger partial charge in [-0.2, -0.15) is 0 Å². The summed E-state index contributed by atoms with van der Waals surface area (Å²) >= 11 is 0. The van der Waals surface area contributed by atoms with Gasteiger partial charge in [-0.05, 0) is 90.2 Å². The highest BCUT2D eigenvalue weighted by Crippen LogP contribution is 2.32. The maximum Gasteiger partial charge on any atom is 0.338 e. The number of nitrogens with zero attached hydrogens (tertiary/aromatic N) is 2. The summed E-state index contributed by atoms with van der Waals surface area (Å²) < 4.78 is 10.8. The quantitative estimate of drug-likeness (QED) is 0.186. The molecule has 41 heavy (non-hydrogen) atoms.